The molecule has 1 aromatic rings. The molecule has 0 heterocycles. The van der Waals surface area contributed by atoms with Crippen LogP contribution in [0.4, 0.5) is 4.39 Å². The summed E-state index contributed by atoms with van der Waals surface area (Å²) in [4.78, 5) is 0. The zero-order valence-corrected chi connectivity index (χ0v) is 10.1. The smallest absolute Gasteiger partial charge is 0.133 e. The predicted octanol–water partition coefficient (Wildman–Crippen LogP) is 2.94. The number of hydrogen-bond donors (Lipinski definition) is 1. The van der Waals surface area contributed by atoms with Gasteiger partial charge in [0.1, 0.15) is 11.9 Å². The van der Waals surface area contributed by atoms with E-state index in [0.717, 1.165) is 0 Å². The van der Waals surface area contributed by atoms with E-state index in [1.807, 2.05) is 26.0 Å². The van der Waals surface area contributed by atoms with Crippen LogP contribution in [0.5, 0.6) is 5.75 Å². The van der Waals surface area contributed by atoms with E-state index in [1.165, 1.54) is 0 Å². The van der Waals surface area contributed by atoms with Gasteiger partial charge in [-0.05, 0) is 18.5 Å². The Kier molecular flexibility index (Phi) is 4.74. The van der Waals surface area contributed by atoms with Gasteiger partial charge in [0.2, 0.25) is 0 Å². The number of methoxy groups -OCH3 is 1. The average molecular weight is 225 g/mol. The van der Waals surface area contributed by atoms with Crippen molar-refractivity contribution < 1.29 is 9.13 Å². The summed E-state index contributed by atoms with van der Waals surface area (Å²) < 4.78 is 19.5. The zero-order chi connectivity index (χ0) is 12.1. The molecule has 2 atom stereocenters. The SMILES string of the molecule is COc1ccccc1C(F)C(CN)C(C)C. The molecule has 16 heavy (non-hydrogen) atoms. The average Bonchev–Trinajstić information content (AvgIpc) is 2.29. The van der Waals surface area contributed by atoms with Gasteiger partial charge in [0, 0.05) is 11.5 Å². The predicted molar refractivity (Wildman–Crippen MR) is 64.2 cm³/mol. The normalized spacial score (nSPS) is 14.9. The Morgan fingerprint density at radius 3 is 2.44 bits per heavy atom. The van der Waals surface area contributed by atoms with Crippen LogP contribution in [0, 0.1) is 11.8 Å². The van der Waals surface area contributed by atoms with Crippen molar-refractivity contribution in [3.8, 4) is 5.75 Å². The summed E-state index contributed by atoms with van der Waals surface area (Å²) in [5.41, 5.74) is 6.21. The molecule has 0 amide bonds. The first-order chi connectivity index (χ1) is 7.61. The largest absolute Gasteiger partial charge is 0.496 e. The maximum Gasteiger partial charge on any atom is 0.133 e. The standard InChI is InChI=1S/C13H20FNO/c1-9(2)11(8-15)13(14)10-6-4-5-7-12(10)16-3/h4-7,9,11,13H,8,15H2,1-3H3. The Labute approximate surface area is 96.6 Å². The molecule has 2 unspecified atom stereocenters. The zero-order valence-electron chi connectivity index (χ0n) is 10.1. The molecule has 0 saturated heterocycles. The van der Waals surface area contributed by atoms with Gasteiger partial charge in [-0.15, -0.1) is 0 Å². The Bertz CT molecular complexity index is 327. The van der Waals surface area contributed by atoms with Crippen molar-refractivity contribution in [3.63, 3.8) is 0 Å². The molecule has 0 spiro atoms. The van der Waals surface area contributed by atoms with Crippen molar-refractivity contribution in [3.05, 3.63) is 29.8 Å². The van der Waals surface area contributed by atoms with Crippen LogP contribution in [-0.2, 0) is 0 Å². The lowest BCUT2D eigenvalue weighted by Gasteiger charge is -2.24. The van der Waals surface area contributed by atoms with Crippen LogP contribution in [-0.4, -0.2) is 13.7 Å². The minimum atomic E-state index is -1.07. The monoisotopic (exact) mass is 225 g/mol. The Morgan fingerprint density at radius 2 is 1.94 bits per heavy atom. The maximum atomic E-state index is 14.3. The van der Waals surface area contributed by atoms with E-state index < -0.39 is 6.17 Å². The van der Waals surface area contributed by atoms with Crippen molar-refractivity contribution in [2.24, 2.45) is 17.6 Å². The molecule has 3 heteroatoms. The molecule has 0 aromatic heterocycles. The quantitative estimate of drug-likeness (QED) is 0.836. The molecule has 2 N–H and O–H groups in total. The van der Waals surface area contributed by atoms with Gasteiger partial charge in [-0.3, -0.25) is 0 Å². The van der Waals surface area contributed by atoms with Crippen molar-refractivity contribution in [2.75, 3.05) is 13.7 Å². The Hall–Kier alpha value is -1.09. The van der Waals surface area contributed by atoms with Crippen LogP contribution in [0.25, 0.3) is 0 Å². The second-order valence-electron chi connectivity index (χ2n) is 4.29. The summed E-state index contributed by atoms with van der Waals surface area (Å²) in [5.74, 6) is 0.635. The summed E-state index contributed by atoms with van der Waals surface area (Å²) in [6.07, 6.45) is -1.07. The van der Waals surface area contributed by atoms with E-state index in [-0.39, 0.29) is 11.8 Å². The van der Waals surface area contributed by atoms with Crippen molar-refractivity contribution in [1.29, 1.82) is 0 Å². The molecule has 0 aliphatic heterocycles. The van der Waals surface area contributed by atoms with Crippen LogP contribution in [0.2, 0.25) is 0 Å². The highest BCUT2D eigenvalue weighted by molar-refractivity contribution is 5.35. The van der Waals surface area contributed by atoms with Gasteiger partial charge >= 0.3 is 0 Å². The lowest BCUT2D eigenvalue weighted by Crippen LogP contribution is -2.24. The van der Waals surface area contributed by atoms with E-state index in [9.17, 15) is 4.39 Å². The van der Waals surface area contributed by atoms with Gasteiger partial charge in [0.15, 0.2) is 0 Å². The van der Waals surface area contributed by atoms with Gasteiger partial charge in [-0.1, -0.05) is 32.0 Å². The van der Waals surface area contributed by atoms with E-state index in [1.54, 1.807) is 19.2 Å². The number of benzene rings is 1. The van der Waals surface area contributed by atoms with E-state index in [0.29, 0.717) is 17.9 Å². The molecule has 0 radical (unpaired) electrons. The molecular weight excluding hydrogens is 205 g/mol. The number of halogens is 1. The minimum Gasteiger partial charge on any atom is -0.496 e. The molecule has 0 aliphatic rings. The summed E-state index contributed by atoms with van der Waals surface area (Å²) in [7, 11) is 1.55. The molecule has 1 rings (SSSR count). The molecule has 2 nitrogen and oxygen atoms in total. The van der Waals surface area contributed by atoms with Gasteiger partial charge in [-0.25, -0.2) is 4.39 Å². The van der Waals surface area contributed by atoms with Crippen LogP contribution >= 0.6 is 0 Å². The molecule has 0 bridgehead atoms. The number of para-hydroxylation sites is 1. The van der Waals surface area contributed by atoms with E-state index >= 15 is 0 Å². The van der Waals surface area contributed by atoms with Crippen molar-refractivity contribution >= 4 is 0 Å². The molecule has 90 valence electrons. The highest BCUT2D eigenvalue weighted by Gasteiger charge is 2.26. The number of ether oxygens (including phenoxy) is 1. The minimum absolute atomic E-state index is 0.170. The van der Waals surface area contributed by atoms with Gasteiger partial charge in [0.05, 0.1) is 7.11 Å². The van der Waals surface area contributed by atoms with Crippen molar-refractivity contribution in [1.82, 2.24) is 0 Å². The third-order valence-electron chi connectivity index (χ3n) is 2.94. The van der Waals surface area contributed by atoms with Gasteiger partial charge < -0.3 is 10.5 Å². The van der Waals surface area contributed by atoms with Crippen molar-refractivity contribution in [2.45, 2.75) is 20.0 Å². The molecule has 0 fully saturated rings. The maximum absolute atomic E-state index is 14.3. The lowest BCUT2D eigenvalue weighted by atomic mass is 9.87. The molecule has 1 aromatic carbocycles. The Morgan fingerprint density at radius 1 is 1.31 bits per heavy atom. The number of alkyl halides is 1. The number of hydrogen-bond acceptors (Lipinski definition) is 2. The van der Waals surface area contributed by atoms with Crippen LogP contribution in [0.1, 0.15) is 25.6 Å². The second kappa shape index (κ2) is 5.85. The van der Waals surface area contributed by atoms with Gasteiger partial charge in [-0.2, -0.15) is 0 Å². The molecule has 0 saturated carbocycles. The van der Waals surface area contributed by atoms with E-state index in [4.69, 9.17) is 10.5 Å². The summed E-state index contributed by atoms with van der Waals surface area (Å²) in [5, 5.41) is 0. The van der Waals surface area contributed by atoms with Gasteiger partial charge in [0.25, 0.3) is 0 Å². The second-order valence-corrected chi connectivity index (χ2v) is 4.29. The summed E-state index contributed by atoms with van der Waals surface area (Å²) >= 11 is 0. The molecular formula is C13H20FNO. The third-order valence-corrected chi connectivity index (χ3v) is 2.94. The highest BCUT2D eigenvalue weighted by Crippen LogP contribution is 2.35. The topological polar surface area (TPSA) is 35.2 Å². The van der Waals surface area contributed by atoms with E-state index in [2.05, 4.69) is 0 Å². The highest BCUT2D eigenvalue weighted by atomic mass is 19.1. The van der Waals surface area contributed by atoms with Crippen LogP contribution in [0.3, 0.4) is 0 Å². The van der Waals surface area contributed by atoms with Crippen LogP contribution < -0.4 is 10.5 Å². The third kappa shape index (κ3) is 2.73. The first kappa shape index (κ1) is 13.0. The molecule has 0 aliphatic carbocycles. The Balaban J connectivity index is 2.98. The number of nitrogens with two attached hydrogens (primary N) is 1. The fourth-order valence-corrected chi connectivity index (χ4v) is 1.85. The fraction of sp³-hybridized carbons (Fsp3) is 0.538. The summed E-state index contributed by atoms with van der Waals surface area (Å²) in [6, 6.07) is 7.19. The summed E-state index contributed by atoms with van der Waals surface area (Å²) in [6.45, 7) is 4.32. The fourth-order valence-electron chi connectivity index (χ4n) is 1.85. The van der Waals surface area contributed by atoms with Crippen LogP contribution in [0.15, 0.2) is 24.3 Å². The first-order valence-corrected chi connectivity index (χ1v) is 5.58. The lowest BCUT2D eigenvalue weighted by molar-refractivity contribution is 0.184. The first-order valence-electron chi connectivity index (χ1n) is 5.58. The number of rotatable bonds is 5.